The van der Waals surface area contributed by atoms with Crippen LogP contribution in [0.25, 0.3) is 0 Å². The first-order valence-electron chi connectivity index (χ1n) is 5.96. The quantitative estimate of drug-likeness (QED) is 0.717. The molecule has 0 saturated carbocycles. The van der Waals surface area contributed by atoms with Gasteiger partial charge in [0.2, 0.25) is 0 Å². The second-order valence-electron chi connectivity index (χ2n) is 4.34. The van der Waals surface area contributed by atoms with E-state index in [2.05, 4.69) is 10.2 Å². The first kappa shape index (κ1) is 15.0. The molecule has 1 N–H and O–H groups in total. The van der Waals surface area contributed by atoms with Gasteiger partial charge in [-0.1, -0.05) is 6.07 Å². The fraction of sp³-hybridized carbons (Fsp3) is 0.538. The summed E-state index contributed by atoms with van der Waals surface area (Å²) in [5.74, 6) is -1.62. The molecule has 0 aliphatic heterocycles. The Bertz CT molecular complexity index is 359. The van der Waals surface area contributed by atoms with Crippen molar-refractivity contribution in [2.45, 2.75) is 6.54 Å². The zero-order valence-electron chi connectivity index (χ0n) is 10.9. The van der Waals surface area contributed by atoms with Gasteiger partial charge in [-0.05, 0) is 31.8 Å². The molecule has 0 atom stereocenters. The second-order valence-corrected chi connectivity index (χ2v) is 4.34. The summed E-state index contributed by atoms with van der Waals surface area (Å²) in [6, 6.07) is 3.91. The van der Waals surface area contributed by atoms with Gasteiger partial charge in [0.05, 0.1) is 13.2 Å². The molecule has 0 amide bonds. The van der Waals surface area contributed by atoms with Gasteiger partial charge in [-0.15, -0.1) is 0 Å². The summed E-state index contributed by atoms with van der Waals surface area (Å²) in [5, 5.41) is 3.11. The summed E-state index contributed by atoms with van der Waals surface area (Å²) in [6.45, 7) is 3.39. The average Bonchev–Trinajstić information content (AvgIpc) is 2.32. The van der Waals surface area contributed by atoms with Gasteiger partial charge in [0.15, 0.2) is 11.6 Å². The number of benzene rings is 1. The van der Waals surface area contributed by atoms with E-state index >= 15 is 0 Å². The highest BCUT2D eigenvalue weighted by Crippen LogP contribution is 2.08. The van der Waals surface area contributed by atoms with Gasteiger partial charge in [-0.2, -0.15) is 0 Å². The lowest BCUT2D eigenvalue weighted by Gasteiger charge is -2.10. The molecule has 0 heterocycles. The van der Waals surface area contributed by atoms with Gasteiger partial charge in [0.1, 0.15) is 0 Å². The van der Waals surface area contributed by atoms with E-state index < -0.39 is 11.6 Å². The zero-order valence-corrected chi connectivity index (χ0v) is 10.9. The number of ether oxygens (including phenoxy) is 1. The van der Waals surface area contributed by atoms with Crippen molar-refractivity contribution < 1.29 is 13.5 Å². The van der Waals surface area contributed by atoms with Crippen molar-refractivity contribution in [1.29, 1.82) is 0 Å². The average molecular weight is 258 g/mol. The van der Waals surface area contributed by atoms with Crippen LogP contribution in [0.2, 0.25) is 0 Å². The summed E-state index contributed by atoms with van der Waals surface area (Å²) >= 11 is 0. The highest BCUT2D eigenvalue weighted by molar-refractivity contribution is 5.17. The molecule has 0 aliphatic rings. The molecule has 1 aromatic carbocycles. The van der Waals surface area contributed by atoms with Crippen LogP contribution in [0.4, 0.5) is 8.78 Å². The van der Waals surface area contributed by atoms with Crippen molar-refractivity contribution in [3.8, 4) is 0 Å². The van der Waals surface area contributed by atoms with Gasteiger partial charge in [-0.3, -0.25) is 0 Å². The number of likely N-dealkylation sites (N-methyl/N-ethyl adjacent to an activating group) is 1. The van der Waals surface area contributed by atoms with Crippen molar-refractivity contribution in [3.05, 3.63) is 35.4 Å². The van der Waals surface area contributed by atoms with Gasteiger partial charge >= 0.3 is 0 Å². The Morgan fingerprint density at radius 2 is 1.94 bits per heavy atom. The molecular formula is C13H20F2N2O. The van der Waals surface area contributed by atoms with Gasteiger partial charge in [-0.25, -0.2) is 8.78 Å². The van der Waals surface area contributed by atoms with Crippen LogP contribution in [-0.4, -0.2) is 45.3 Å². The van der Waals surface area contributed by atoms with E-state index in [9.17, 15) is 8.78 Å². The zero-order chi connectivity index (χ0) is 13.4. The number of halogens is 2. The Balaban J connectivity index is 2.09. The third-order valence-corrected chi connectivity index (χ3v) is 2.42. The third kappa shape index (κ3) is 6.05. The van der Waals surface area contributed by atoms with Crippen LogP contribution in [0.1, 0.15) is 5.56 Å². The van der Waals surface area contributed by atoms with E-state index in [0.717, 1.165) is 18.2 Å². The van der Waals surface area contributed by atoms with Crippen LogP contribution in [0.15, 0.2) is 18.2 Å². The van der Waals surface area contributed by atoms with Crippen molar-refractivity contribution in [3.63, 3.8) is 0 Å². The Morgan fingerprint density at radius 3 is 2.61 bits per heavy atom. The van der Waals surface area contributed by atoms with Gasteiger partial charge < -0.3 is 15.0 Å². The predicted molar refractivity (Wildman–Crippen MR) is 67.4 cm³/mol. The molecule has 0 unspecified atom stereocenters. The van der Waals surface area contributed by atoms with Gasteiger partial charge in [0, 0.05) is 19.6 Å². The molecular weight excluding hydrogens is 238 g/mol. The molecule has 0 spiro atoms. The third-order valence-electron chi connectivity index (χ3n) is 2.42. The topological polar surface area (TPSA) is 24.5 Å². The number of hydrogen-bond acceptors (Lipinski definition) is 3. The van der Waals surface area contributed by atoms with Crippen LogP contribution >= 0.6 is 0 Å². The van der Waals surface area contributed by atoms with E-state index in [1.54, 1.807) is 6.07 Å². The van der Waals surface area contributed by atoms with Crippen LogP contribution in [0.3, 0.4) is 0 Å². The lowest BCUT2D eigenvalue weighted by Crippen LogP contribution is -2.23. The Labute approximate surface area is 107 Å². The molecule has 3 nitrogen and oxygen atoms in total. The largest absolute Gasteiger partial charge is 0.379 e. The summed E-state index contributed by atoms with van der Waals surface area (Å²) in [4.78, 5) is 2.05. The molecule has 1 rings (SSSR count). The molecule has 5 heteroatoms. The predicted octanol–water partition coefficient (Wildman–Crippen LogP) is 1.63. The monoisotopic (exact) mass is 258 g/mol. The number of rotatable bonds is 8. The minimum Gasteiger partial charge on any atom is -0.379 e. The summed E-state index contributed by atoms with van der Waals surface area (Å²) in [6.07, 6.45) is 0. The van der Waals surface area contributed by atoms with Crippen LogP contribution in [-0.2, 0) is 11.3 Å². The maximum absolute atomic E-state index is 12.9. The Hall–Kier alpha value is -1.04. The van der Waals surface area contributed by atoms with Crippen molar-refractivity contribution in [2.75, 3.05) is 40.4 Å². The Kier molecular flexibility index (Phi) is 6.78. The fourth-order valence-corrected chi connectivity index (χ4v) is 1.38. The maximum atomic E-state index is 12.9. The van der Waals surface area contributed by atoms with Crippen LogP contribution in [0, 0.1) is 11.6 Å². The molecule has 0 aromatic heterocycles. The smallest absolute Gasteiger partial charge is 0.159 e. The van der Waals surface area contributed by atoms with E-state index in [1.165, 1.54) is 6.07 Å². The number of hydrogen-bond donors (Lipinski definition) is 1. The van der Waals surface area contributed by atoms with E-state index in [4.69, 9.17) is 4.74 Å². The maximum Gasteiger partial charge on any atom is 0.159 e. The lowest BCUT2D eigenvalue weighted by molar-refractivity contribution is 0.119. The minimum absolute atomic E-state index is 0.508. The lowest BCUT2D eigenvalue weighted by atomic mass is 10.2. The summed E-state index contributed by atoms with van der Waals surface area (Å²) in [5.41, 5.74) is 0.724. The second kappa shape index (κ2) is 8.13. The van der Waals surface area contributed by atoms with E-state index in [-0.39, 0.29) is 0 Å². The highest BCUT2D eigenvalue weighted by atomic mass is 19.2. The highest BCUT2D eigenvalue weighted by Gasteiger charge is 2.01. The summed E-state index contributed by atoms with van der Waals surface area (Å²) in [7, 11) is 3.98. The van der Waals surface area contributed by atoms with Crippen LogP contribution < -0.4 is 5.32 Å². The first-order valence-corrected chi connectivity index (χ1v) is 5.96. The van der Waals surface area contributed by atoms with Crippen molar-refractivity contribution in [2.24, 2.45) is 0 Å². The number of nitrogens with zero attached hydrogens (tertiary/aromatic N) is 1. The molecule has 0 saturated heterocycles. The molecule has 0 fully saturated rings. The standard InChI is InChI=1S/C13H20F2N2O/c1-17(2)6-8-18-7-5-16-10-11-3-4-12(14)13(15)9-11/h3-4,9,16H,5-8,10H2,1-2H3. The minimum atomic E-state index is -0.814. The molecule has 1 aromatic rings. The SMILES string of the molecule is CN(C)CCOCCNCc1ccc(F)c(F)c1. The molecule has 0 aliphatic carbocycles. The normalized spacial score (nSPS) is 11.2. The molecule has 0 bridgehead atoms. The number of nitrogens with one attached hydrogen (secondary N) is 1. The van der Waals surface area contributed by atoms with E-state index in [1.807, 2.05) is 14.1 Å². The molecule has 18 heavy (non-hydrogen) atoms. The fourth-order valence-electron chi connectivity index (χ4n) is 1.38. The summed E-state index contributed by atoms with van der Waals surface area (Å²) < 4.78 is 31.0. The first-order chi connectivity index (χ1) is 8.59. The molecule has 0 radical (unpaired) electrons. The van der Waals surface area contributed by atoms with Crippen LogP contribution in [0.5, 0.6) is 0 Å². The van der Waals surface area contributed by atoms with Gasteiger partial charge in [0.25, 0.3) is 0 Å². The Morgan fingerprint density at radius 1 is 1.17 bits per heavy atom. The van der Waals surface area contributed by atoms with E-state index in [0.29, 0.717) is 26.3 Å². The molecule has 102 valence electrons. The van der Waals surface area contributed by atoms with Crippen molar-refractivity contribution in [1.82, 2.24) is 10.2 Å². The van der Waals surface area contributed by atoms with Crippen molar-refractivity contribution >= 4 is 0 Å².